The van der Waals surface area contributed by atoms with Crippen LogP contribution in [0.25, 0.3) is 10.2 Å². The van der Waals surface area contributed by atoms with E-state index in [2.05, 4.69) is 15.9 Å². The number of hydrogen-bond donors (Lipinski definition) is 1. The van der Waals surface area contributed by atoms with Crippen LogP contribution in [-0.4, -0.2) is 11.1 Å². The predicted octanol–water partition coefficient (Wildman–Crippen LogP) is 1.78. The Bertz CT molecular complexity index is 517. The molecule has 2 aromatic rings. The second-order valence-electron chi connectivity index (χ2n) is 2.92. The predicted molar refractivity (Wildman–Crippen MR) is 62.8 cm³/mol. The van der Waals surface area contributed by atoms with Crippen LogP contribution in [0.3, 0.4) is 0 Å². The molecule has 74 valence electrons. The number of hydrogen-bond acceptors (Lipinski definition) is 3. The molecule has 3 nitrogen and oxygen atoms in total. The fourth-order valence-electron chi connectivity index (χ4n) is 1.38. The Kier molecular flexibility index (Phi) is 2.71. The van der Waals surface area contributed by atoms with Gasteiger partial charge in [-0.25, -0.2) is 0 Å². The molecule has 0 amide bonds. The highest BCUT2D eigenvalue weighted by Gasteiger charge is 2.06. The van der Waals surface area contributed by atoms with Gasteiger partial charge in [-0.3, -0.25) is 9.36 Å². The summed E-state index contributed by atoms with van der Waals surface area (Å²) in [5.41, 5.74) is 6.41. The van der Waals surface area contributed by atoms with E-state index in [1.807, 2.05) is 18.2 Å². The SMILES string of the molecule is NCCn1c(=O)sc2ccc(Br)cc21. The molecule has 1 aromatic heterocycles. The maximum absolute atomic E-state index is 11.6. The molecule has 0 saturated heterocycles. The van der Waals surface area contributed by atoms with Crippen LogP contribution in [0.5, 0.6) is 0 Å². The largest absolute Gasteiger partial charge is 0.329 e. The average molecular weight is 273 g/mol. The van der Waals surface area contributed by atoms with E-state index in [1.165, 1.54) is 11.3 Å². The minimum Gasteiger partial charge on any atom is -0.329 e. The van der Waals surface area contributed by atoms with Crippen molar-refractivity contribution in [3.8, 4) is 0 Å². The van der Waals surface area contributed by atoms with Crippen LogP contribution >= 0.6 is 27.3 Å². The summed E-state index contributed by atoms with van der Waals surface area (Å²) < 4.78 is 3.70. The van der Waals surface area contributed by atoms with Crippen LogP contribution in [0.2, 0.25) is 0 Å². The normalized spacial score (nSPS) is 11.0. The first kappa shape index (κ1) is 9.89. The molecule has 0 atom stereocenters. The quantitative estimate of drug-likeness (QED) is 0.906. The Labute approximate surface area is 93.3 Å². The average Bonchev–Trinajstić information content (AvgIpc) is 2.45. The molecule has 0 aliphatic rings. The van der Waals surface area contributed by atoms with Gasteiger partial charge >= 0.3 is 4.87 Å². The molecule has 0 radical (unpaired) electrons. The summed E-state index contributed by atoms with van der Waals surface area (Å²) in [4.78, 5) is 11.6. The fourth-order valence-corrected chi connectivity index (χ4v) is 2.62. The zero-order chi connectivity index (χ0) is 10.1. The Balaban J connectivity index is 2.73. The first-order valence-electron chi connectivity index (χ1n) is 4.21. The van der Waals surface area contributed by atoms with Gasteiger partial charge in [0, 0.05) is 17.6 Å². The lowest BCUT2D eigenvalue weighted by Gasteiger charge is -2.00. The van der Waals surface area contributed by atoms with E-state index in [4.69, 9.17) is 5.73 Å². The van der Waals surface area contributed by atoms with Crippen LogP contribution in [0.4, 0.5) is 0 Å². The van der Waals surface area contributed by atoms with Crippen molar-refractivity contribution < 1.29 is 0 Å². The van der Waals surface area contributed by atoms with Crippen molar-refractivity contribution in [2.24, 2.45) is 5.73 Å². The molecular weight excluding hydrogens is 264 g/mol. The number of nitrogens with two attached hydrogens (primary N) is 1. The van der Waals surface area contributed by atoms with E-state index in [-0.39, 0.29) is 4.87 Å². The first-order chi connectivity index (χ1) is 6.72. The van der Waals surface area contributed by atoms with Gasteiger partial charge in [0.25, 0.3) is 0 Å². The molecule has 0 fully saturated rings. The van der Waals surface area contributed by atoms with Gasteiger partial charge < -0.3 is 5.73 Å². The highest BCUT2D eigenvalue weighted by Crippen LogP contribution is 2.21. The van der Waals surface area contributed by atoms with Crippen molar-refractivity contribution in [3.05, 3.63) is 32.3 Å². The van der Waals surface area contributed by atoms with Crippen LogP contribution in [-0.2, 0) is 6.54 Å². The molecule has 0 spiro atoms. The molecule has 5 heteroatoms. The second-order valence-corrected chi connectivity index (χ2v) is 4.83. The number of nitrogens with zero attached hydrogens (tertiary/aromatic N) is 1. The standard InChI is InChI=1S/C9H9BrN2OS/c10-6-1-2-8-7(5-6)12(4-3-11)9(13)14-8/h1-2,5H,3-4,11H2. The summed E-state index contributed by atoms with van der Waals surface area (Å²) in [7, 11) is 0. The summed E-state index contributed by atoms with van der Waals surface area (Å²) in [6.07, 6.45) is 0. The van der Waals surface area contributed by atoms with Crippen molar-refractivity contribution in [1.82, 2.24) is 4.57 Å². The molecule has 0 saturated carbocycles. The Morgan fingerprint density at radius 1 is 1.50 bits per heavy atom. The molecule has 2 rings (SSSR count). The molecule has 1 heterocycles. The summed E-state index contributed by atoms with van der Waals surface area (Å²) in [6.45, 7) is 1.06. The molecule has 0 bridgehead atoms. The molecule has 2 N–H and O–H groups in total. The summed E-state index contributed by atoms with van der Waals surface area (Å²) in [6, 6.07) is 5.83. The smallest absolute Gasteiger partial charge is 0.308 e. The lowest BCUT2D eigenvalue weighted by atomic mass is 10.3. The van der Waals surface area contributed by atoms with Crippen molar-refractivity contribution >= 4 is 37.5 Å². The van der Waals surface area contributed by atoms with Gasteiger partial charge in [-0.2, -0.15) is 0 Å². The first-order valence-corrected chi connectivity index (χ1v) is 5.82. The van der Waals surface area contributed by atoms with Gasteiger partial charge in [0.1, 0.15) is 0 Å². The van der Waals surface area contributed by atoms with Crippen LogP contribution in [0, 0.1) is 0 Å². The number of fused-ring (bicyclic) bond motifs is 1. The van der Waals surface area contributed by atoms with Crippen LogP contribution in [0.1, 0.15) is 0 Å². The third-order valence-electron chi connectivity index (χ3n) is 1.98. The van der Waals surface area contributed by atoms with Crippen molar-refractivity contribution in [3.63, 3.8) is 0 Å². The summed E-state index contributed by atoms with van der Waals surface area (Å²) in [5.74, 6) is 0. The third kappa shape index (κ3) is 1.63. The molecule has 0 aliphatic heterocycles. The monoisotopic (exact) mass is 272 g/mol. The summed E-state index contributed by atoms with van der Waals surface area (Å²) >= 11 is 4.64. The number of benzene rings is 1. The van der Waals surface area contributed by atoms with Crippen LogP contribution in [0.15, 0.2) is 27.5 Å². The van der Waals surface area contributed by atoms with Gasteiger partial charge in [-0.1, -0.05) is 27.3 Å². The highest BCUT2D eigenvalue weighted by molar-refractivity contribution is 9.10. The van der Waals surface area contributed by atoms with Crippen molar-refractivity contribution in [2.75, 3.05) is 6.54 Å². The van der Waals surface area contributed by atoms with Gasteiger partial charge in [-0.05, 0) is 18.2 Å². The highest BCUT2D eigenvalue weighted by atomic mass is 79.9. The summed E-state index contributed by atoms with van der Waals surface area (Å²) in [5, 5.41) is 0. The van der Waals surface area contributed by atoms with E-state index in [9.17, 15) is 4.79 Å². The van der Waals surface area contributed by atoms with Crippen molar-refractivity contribution in [2.45, 2.75) is 6.54 Å². The number of aromatic nitrogens is 1. The fraction of sp³-hybridized carbons (Fsp3) is 0.222. The molecule has 0 aliphatic carbocycles. The third-order valence-corrected chi connectivity index (χ3v) is 3.44. The maximum atomic E-state index is 11.6. The van der Waals surface area contributed by atoms with E-state index in [0.29, 0.717) is 13.1 Å². The number of halogens is 1. The van der Waals surface area contributed by atoms with E-state index >= 15 is 0 Å². The van der Waals surface area contributed by atoms with E-state index < -0.39 is 0 Å². The Morgan fingerprint density at radius 2 is 2.29 bits per heavy atom. The number of thiazole rings is 1. The van der Waals surface area contributed by atoms with Gasteiger partial charge in [0.05, 0.1) is 10.2 Å². The number of rotatable bonds is 2. The van der Waals surface area contributed by atoms with Crippen molar-refractivity contribution in [1.29, 1.82) is 0 Å². The molecular formula is C9H9BrN2OS. The lowest BCUT2D eigenvalue weighted by Crippen LogP contribution is -2.18. The second kappa shape index (κ2) is 3.84. The van der Waals surface area contributed by atoms with Gasteiger partial charge in [-0.15, -0.1) is 0 Å². The van der Waals surface area contributed by atoms with E-state index in [1.54, 1.807) is 4.57 Å². The Morgan fingerprint density at radius 3 is 3.00 bits per heavy atom. The topological polar surface area (TPSA) is 48.0 Å². The molecule has 0 unspecified atom stereocenters. The van der Waals surface area contributed by atoms with Gasteiger partial charge in [0.15, 0.2) is 0 Å². The van der Waals surface area contributed by atoms with Gasteiger partial charge in [0.2, 0.25) is 0 Å². The van der Waals surface area contributed by atoms with E-state index in [0.717, 1.165) is 14.7 Å². The lowest BCUT2D eigenvalue weighted by molar-refractivity contribution is 0.721. The molecule has 1 aromatic carbocycles. The minimum atomic E-state index is 0.0588. The zero-order valence-electron chi connectivity index (χ0n) is 7.37. The maximum Gasteiger partial charge on any atom is 0.308 e. The van der Waals surface area contributed by atoms with Crippen LogP contribution < -0.4 is 10.6 Å². The Hall–Kier alpha value is -0.650. The molecule has 14 heavy (non-hydrogen) atoms. The zero-order valence-corrected chi connectivity index (χ0v) is 9.77. The minimum absolute atomic E-state index is 0.0588.